The number of benzene rings is 5. The van der Waals surface area contributed by atoms with Gasteiger partial charge in [0.05, 0.1) is 11.4 Å². The van der Waals surface area contributed by atoms with Crippen molar-refractivity contribution in [1.82, 2.24) is 4.98 Å². The average molecular weight is 500 g/mol. The van der Waals surface area contributed by atoms with Gasteiger partial charge in [-0.3, -0.25) is 0 Å². The third kappa shape index (κ3) is 4.08. The van der Waals surface area contributed by atoms with Crippen LogP contribution in [-0.4, -0.2) is 4.98 Å². The molecule has 5 aromatic carbocycles. The van der Waals surface area contributed by atoms with Crippen LogP contribution in [-0.2, 0) is 5.41 Å². The van der Waals surface area contributed by atoms with E-state index in [-0.39, 0.29) is 5.41 Å². The number of fused-ring (bicyclic) bond motifs is 3. The molecule has 6 aromatic rings. The molecule has 1 heterocycles. The summed E-state index contributed by atoms with van der Waals surface area (Å²) in [7, 11) is 0. The second-order valence-electron chi connectivity index (χ2n) is 10.9. The van der Waals surface area contributed by atoms with Gasteiger partial charge in [0.2, 0.25) is 0 Å². The molecule has 0 spiro atoms. The first-order chi connectivity index (χ1) is 19.1. The minimum absolute atomic E-state index is 0.0158. The fourth-order valence-electron chi connectivity index (χ4n) is 5.99. The molecule has 0 aliphatic heterocycles. The van der Waals surface area contributed by atoms with Crippen molar-refractivity contribution in [2.75, 3.05) is 0 Å². The van der Waals surface area contributed by atoms with Crippen LogP contribution in [0.2, 0.25) is 0 Å². The molecule has 39 heavy (non-hydrogen) atoms. The Balaban J connectivity index is 1.35. The molecule has 0 amide bonds. The molecule has 1 aliphatic rings. The van der Waals surface area contributed by atoms with Crippen molar-refractivity contribution >= 4 is 0 Å². The first-order valence-electron chi connectivity index (χ1n) is 13.6. The van der Waals surface area contributed by atoms with Gasteiger partial charge in [-0.2, -0.15) is 0 Å². The summed E-state index contributed by atoms with van der Waals surface area (Å²) < 4.78 is 0. The minimum atomic E-state index is 0.0158. The largest absolute Gasteiger partial charge is 0.248 e. The molecular weight excluding hydrogens is 470 g/mol. The monoisotopic (exact) mass is 499 g/mol. The highest BCUT2D eigenvalue weighted by Gasteiger charge is 2.35. The maximum Gasteiger partial charge on any atom is 0.0715 e. The predicted octanol–water partition coefficient (Wildman–Crippen LogP) is 10.1. The Labute approximate surface area is 230 Å². The maximum absolute atomic E-state index is 5.14. The van der Waals surface area contributed by atoms with Gasteiger partial charge in [0.1, 0.15) is 0 Å². The summed E-state index contributed by atoms with van der Waals surface area (Å²) in [5.74, 6) is 0. The van der Waals surface area contributed by atoms with Gasteiger partial charge in [-0.05, 0) is 68.8 Å². The van der Waals surface area contributed by atoms with Crippen LogP contribution in [0.3, 0.4) is 0 Å². The quantitative estimate of drug-likeness (QED) is 0.235. The van der Waals surface area contributed by atoms with E-state index < -0.39 is 0 Å². The van der Waals surface area contributed by atoms with Crippen LogP contribution in [0.1, 0.15) is 25.0 Å². The van der Waals surface area contributed by atoms with E-state index in [1.165, 1.54) is 44.5 Å². The fourth-order valence-corrected chi connectivity index (χ4v) is 5.99. The second-order valence-corrected chi connectivity index (χ2v) is 10.9. The number of hydrogen-bond donors (Lipinski definition) is 0. The standard InChI is InChI=1S/C38H29N/c1-38(2)34-19-10-9-18-32(34)33-23-29(20-21-35(33)38)28-16-11-17-30(22-28)37-25-31(26-12-5-3-6-13-26)24-36(39-37)27-14-7-4-8-15-27/h3-25H,1-2H3. The van der Waals surface area contributed by atoms with Crippen molar-refractivity contribution in [2.45, 2.75) is 19.3 Å². The van der Waals surface area contributed by atoms with Gasteiger partial charge in [0, 0.05) is 16.5 Å². The van der Waals surface area contributed by atoms with Gasteiger partial charge in [-0.15, -0.1) is 0 Å². The maximum atomic E-state index is 5.14. The van der Waals surface area contributed by atoms with Crippen LogP contribution in [0.5, 0.6) is 0 Å². The molecule has 1 nitrogen and oxygen atoms in total. The van der Waals surface area contributed by atoms with Gasteiger partial charge < -0.3 is 0 Å². The summed E-state index contributed by atoms with van der Waals surface area (Å²) in [6.45, 7) is 4.65. The van der Waals surface area contributed by atoms with Gasteiger partial charge in [-0.1, -0.05) is 129 Å². The Bertz CT molecular complexity index is 1760. The van der Waals surface area contributed by atoms with Crippen LogP contribution < -0.4 is 0 Å². The Morgan fingerprint density at radius 1 is 0.385 bits per heavy atom. The first-order valence-corrected chi connectivity index (χ1v) is 13.6. The number of aromatic nitrogens is 1. The highest BCUT2D eigenvalue weighted by atomic mass is 14.7. The lowest BCUT2D eigenvalue weighted by Crippen LogP contribution is -2.14. The SMILES string of the molecule is CC1(C)c2ccccc2-c2cc(-c3cccc(-c4cc(-c5ccccc5)cc(-c5ccccc5)n4)c3)ccc21. The summed E-state index contributed by atoms with van der Waals surface area (Å²) in [6.07, 6.45) is 0. The molecule has 0 saturated heterocycles. The number of hydrogen-bond acceptors (Lipinski definition) is 1. The molecule has 0 radical (unpaired) electrons. The van der Waals surface area contributed by atoms with Gasteiger partial charge in [0.25, 0.3) is 0 Å². The van der Waals surface area contributed by atoms with Crippen LogP contribution in [0.15, 0.2) is 140 Å². The van der Waals surface area contributed by atoms with Crippen molar-refractivity contribution in [2.24, 2.45) is 0 Å². The van der Waals surface area contributed by atoms with E-state index in [0.717, 1.165) is 22.5 Å². The smallest absolute Gasteiger partial charge is 0.0715 e. The molecule has 0 fully saturated rings. The predicted molar refractivity (Wildman–Crippen MR) is 164 cm³/mol. The zero-order valence-electron chi connectivity index (χ0n) is 22.2. The normalized spacial score (nSPS) is 13.1. The average Bonchev–Trinajstić information content (AvgIpc) is 3.24. The van der Waals surface area contributed by atoms with Crippen LogP contribution in [0.25, 0.3) is 55.9 Å². The van der Waals surface area contributed by atoms with E-state index in [9.17, 15) is 0 Å². The topological polar surface area (TPSA) is 12.9 Å². The highest BCUT2D eigenvalue weighted by molar-refractivity contribution is 5.85. The molecule has 1 aromatic heterocycles. The second kappa shape index (κ2) is 9.22. The van der Waals surface area contributed by atoms with E-state index in [2.05, 4.69) is 147 Å². The van der Waals surface area contributed by atoms with Crippen LogP contribution in [0, 0.1) is 0 Å². The fraction of sp³-hybridized carbons (Fsp3) is 0.0789. The lowest BCUT2D eigenvalue weighted by atomic mass is 9.82. The van der Waals surface area contributed by atoms with Crippen molar-refractivity contribution in [1.29, 1.82) is 0 Å². The number of rotatable bonds is 4. The summed E-state index contributed by atoms with van der Waals surface area (Å²) in [6, 6.07) is 50.0. The minimum Gasteiger partial charge on any atom is -0.248 e. The Morgan fingerprint density at radius 2 is 0.949 bits per heavy atom. The lowest BCUT2D eigenvalue weighted by molar-refractivity contribution is 0.660. The summed E-state index contributed by atoms with van der Waals surface area (Å²) >= 11 is 0. The molecular formula is C38H29N. The summed E-state index contributed by atoms with van der Waals surface area (Å²) in [5, 5.41) is 0. The van der Waals surface area contributed by atoms with Crippen molar-refractivity contribution in [3.63, 3.8) is 0 Å². The van der Waals surface area contributed by atoms with Crippen molar-refractivity contribution < 1.29 is 0 Å². The van der Waals surface area contributed by atoms with E-state index in [1.807, 2.05) is 6.07 Å². The molecule has 7 rings (SSSR count). The van der Waals surface area contributed by atoms with Gasteiger partial charge in [0.15, 0.2) is 0 Å². The third-order valence-corrected chi connectivity index (χ3v) is 8.08. The van der Waals surface area contributed by atoms with Gasteiger partial charge >= 0.3 is 0 Å². The first kappa shape index (κ1) is 23.4. The van der Waals surface area contributed by atoms with E-state index >= 15 is 0 Å². The Hall–Kier alpha value is -4.75. The van der Waals surface area contributed by atoms with Crippen molar-refractivity contribution in [3.05, 3.63) is 151 Å². The molecule has 0 N–H and O–H groups in total. The van der Waals surface area contributed by atoms with Crippen LogP contribution in [0.4, 0.5) is 0 Å². The van der Waals surface area contributed by atoms with Crippen LogP contribution >= 0.6 is 0 Å². The summed E-state index contributed by atoms with van der Waals surface area (Å²) in [5.41, 5.74) is 14.5. The van der Waals surface area contributed by atoms with Crippen molar-refractivity contribution in [3.8, 4) is 55.9 Å². The molecule has 1 heteroatoms. The molecule has 1 aliphatic carbocycles. The zero-order valence-corrected chi connectivity index (χ0v) is 22.2. The van der Waals surface area contributed by atoms with E-state index in [4.69, 9.17) is 4.98 Å². The van der Waals surface area contributed by atoms with E-state index in [0.29, 0.717) is 0 Å². The third-order valence-electron chi connectivity index (χ3n) is 8.08. The molecule has 0 saturated carbocycles. The molecule has 0 atom stereocenters. The molecule has 0 bridgehead atoms. The molecule has 0 unspecified atom stereocenters. The Morgan fingerprint density at radius 3 is 1.72 bits per heavy atom. The number of pyridine rings is 1. The zero-order chi connectivity index (χ0) is 26.4. The lowest BCUT2D eigenvalue weighted by Gasteiger charge is -2.21. The number of nitrogens with zero attached hydrogens (tertiary/aromatic N) is 1. The Kier molecular flexibility index (Phi) is 5.52. The van der Waals surface area contributed by atoms with Gasteiger partial charge in [-0.25, -0.2) is 4.98 Å². The summed E-state index contributed by atoms with van der Waals surface area (Å²) in [4.78, 5) is 5.14. The van der Waals surface area contributed by atoms with E-state index in [1.54, 1.807) is 0 Å². The molecule has 186 valence electrons. The highest BCUT2D eigenvalue weighted by Crippen LogP contribution is 2.49.